The first-order valence-electron chi connectivity index (χ1n) is 20.2. The molecule has 6 unspecified atom stereocenters. The number of unbranched alkanes of at least 4 members (excludes halogenated alkanes) is 6. The quantitative estimate of drug-likeness (QED) is 0.0313. The monoisotopic (exact) mass is 758 g/mol. The Hall–Kier alpha value is -3.12. The van der Waals surface area contributed by atoms with Crippen LogP contribution in [0.3, 0.4) is 0 Å². The summed E-state index contributed by atoms with van der Waals surface area (Å²) in [5.74, 6) is -0.929. The smallest absolute Gasteiger partial charge is 0.306 e. The van der Waals surface area contributed by atoms with Crippen molar-refractivity contribution in [3.63, 3.8) is 0 Å². The van der Waals surface area contributed by atoms with E-state index in [1.807, 2.05) is 12.2 Å². The first-order chi connectivity index (χ1) is 26.3. The third kappa shape index (κ3) is 25.8. The van der Waals surface area contributed by atoms with Crippen LogP contribution in [0.25, 0.3) is 0 Å². The van der Waals surface area contributed by atoms with Gasteiger partial charge < -0.3 is 39.4 Å². The van der Waals surface area contributed by atoms with Gasteiger partial charge in [0.15, 0.2) is 12.4 Å². The van der Waals surface area contributed by atoms with Crippen molar-refractivity contribution in [1.29, 1.82) is 0 Å². The van der Waals surface area contributed by atoms with Gasteiger partial charge in [-0.1, -0.05) is 125 Å². The van der Waals surface area contributed by atoms with Crippen LogP contribution < -0.4 is 0 Å². The third-order valence-corrected chi connectivity index (χ3v) is 8.51. The molecule has 1 rings (SSSR count). The molecule has 1 aliphatic rings. The van der Waals surface area contributed by atoms with Gasteiger partial charge in [0.05, 0.1) is 13.2 Å². The molecule has 0 spiro atoms. The minimum absolute atomic E-state index is 0.0983. The third-order valence-electron chi connectivity index (χ3n) is 8.51. The van der Waals surface area contributed by atoms with E-state index in [0.29, 0.717) is 12.8 Å². The zero-order chi connectivity index (χ0) is 39.5. The highest BCUT2D eigenvalue weighted by molar-refractivity contribution is 5.70. The molecule has 0 amide bonds. The summed E-state index contributed by atoms with van der Waals surface area (Å²) in [7, 11) is 0. The summed E-state index contributed by atoms with van der Waals surface area (Å²) in [6.45, 7) is 3.12. The lowest BCUT2D eigenvalue weighted by Gasteiger charge is -2.39. The van der Waals surface area contributed by atoms with Crippen LogP contribution in [0, 0.1) is 0 Å². The van der Waals surface area contributed by atoms with Crippen molar-refractivity contribution in [1.82, 2.24) is 0 Å². The van der Waals surface area contributed by atoms with Crippen LogP contribution in [0.4, 0.5) is 0 Å². The van der Waals surface area contributed by atoms with Gasteiger partial charge in [-0.2, -0.15) is 0 Å². The summed E-state index contributed by atoms with van der Waals surface area (Å²) in [4.78, 5) is 25.1. The lowest BCUT2D eigenvalue weighted by Crippen LogP contribution is -2.59. The number of hydrogen-bond donors (Lipinski definition) is 4. The molecule has 0 radical (unpaired) electrons. The number of allylic oxidation sites excluding steroid dienone is 14. The van der Waals surface area contributed by atoms with E-state index < -0.39 is 55.4 Å². The van der Waals surface area contributed by atoms with E-state index in [1.165, 1.54) is 0 Å². The van der Waals surface area contributed by atoms with Gasteiger partial charge in [0.2, 0.25) is 0 Å². The normalized spacial score (nSPS) is 21.6. The first-order valence-corrected chi connectivity index (χ1v) is 20.2. The van der Waals surface area contributed by atoms with Crippen molar-refractivity contribution in [2.75, 3.05) is 19.8 Å². The molecule has 0 saturated carbocycles. The van der Waals surface area contributed by atoms with Crippen LogP contribution in [0.15, 0.2) is 85.1 Å². The SMILES string of the molecule is CC/C=C\C/C=C\C/C=C\C/C=C\C/C=C\C/C=C\CCC(=O)OC(COC(=O)CCCCCCC/C=C\CCC)COC1OC(CO)C(O)C(O)C1O. The molecule has 0 bridgehead atoms. The summed E-state index contributed by atoms with van der Waals surface area (Å²) >= 11 is 0. The lowest BCUT2D eigenvalue weighted by atomic mass is 9.99. The van der Waals surface area contributed by atoms with E-state index >= 15 is 0 Å². The maximum Gasteiger partial charge on any atom is 0.306 e. The van der Waals surface area contributed by atoms with Gasteiger partial charge in [0.1, 0.15) is 31.0 Å². The molecular weight excluding hydrogens is 688 g/mol. The van der Waals surface area contributed by atoms with E-state index in [1.54, 1.807) is 0 Å². The fourth-order valence-corrected chi connectivity index (χ4v) is 5.33. The van der Waals surface area contributed by atoms with E-state index in [0.717, 1.165) is 83.5 Å². The molecule has 1 saturated heterocycles. The van der Waals surface area contributed by atoms with Crippen molar-refractivity contribution < 1.29 is 49.0 Å². The highest BCUT2D eigenvalue weighted by atomic mass is 16.7. The van der Waals surface area contributed by atoms with Crippen LogP contribution >= 0.6 is 0 Å². The number of ether oxygens (including phenoxy) is 4. The number of esters is 2. The zero-order valence-electron chi connectivity index (χ0n) is 32.9. The Morgan fingerprint density at radius 3 is 1.72 bits per heavy atom. The Labute approximate surface area is 325 Å². The van der Waals surface area contributed by atoms with Crippen LogP contribution in [0.1, 0.15) is 123 Å². The molecule has 1 fully saturated rings. The number of carbonyl (C=O) groups excluding carboxylic acids is 2. The van der Waals surface area contributed by atoms with Crippen molar-refractivity contribution >= 4 is 11.9 Å². The second kappa shape index (κ2) is 34.4. The molecule has 1 heterocycles. The second-order valence-corrected chi connectivity index (χ2v) is 13.3. The van der Waals surface area contributed by atoms with Gasteiger partial charge in [0.25, 0.3) is 0 Å². The van der Waals surface area contributed by atoms with Crippen LogP contribution in [0.5, 0.6) is 0 Å². The minimum Gasteiger partial charge on any atom is -0.462 e. The number of hydrogen-bond acceptors (Lipinski definition) is 10. The molecule has 4 N–H and O–H groups in total. The van der Waals surface area contributed by atoms with Gasteiger partial charge in [-0.25, -0.2) is 0 Å². The van der Waals surface area contributed by atoms with Gasteiger partial charge >= 0.3 is 11.9 Å². The lowest BCUT2D eigenvalue weighted by molar-refractivity contribution is -0.305. The molecule has 0 aromatic carbocycles. The van der Waals surface area contributed by atoms with Crippen molar-refractivity contribution in [3.8, 4) is 0 Å². The fraction of sp³-hybridized carbons (Fsp3) is 0.636. The largest absolute Gasteiger partial charge is 0.462 e. The second-order valence-electron chi connectivity index (χ2n) is 13.3. The van der Waals surface area contributed by atoms with Crippen molar-refractivity contribution in [2.24, 2.45) is 0 Å². The van der Waals surface area contributed by atoms with E-state index in [-0.39, 0.29) is 26.1 Å². The van der Waals surface area contributed by atoms with E-state index in [2.05, 4.69) is 86.8 Å². The molecule has 1 aliphatic heterocycles. The molecule has 306 valence electrons. The Morgan fingerprint density at radius 2 is 1.13 bits per heavy atom. The number of rotatable bonds is 31. The van der Waals surface area contributed by atoms with Gasteiger partial charge in [-0.3, -0.25) is 9.59 Å². The summed E-state index contributed by atoms with van der Waals surface area (Å²) in [6, 6.07) is 0. The van der Waals surface area contributed by atoms with E-state index in [4.69, 9.17) is 18.9 Å². The Bertz CT molecular complexity index is 1150. The molecule has 10 nitrogen and oxygen atoms in total. The van der Waals surface area contributed by atoms with Gasteiger partial charge in [-0.15, -0.1) is 0 Å². The highest BCUT2D eigenvalue weighted by Crippen LogP contribution is 2.22. The standard InChI is InChI=1S/C44H70O10/c1-3-5-7-9-11-13-15-16-17-18-19-20-21-22-23-25-27-29-31-33-40(47)53-37(36-52-44-43(50)42(49)41(48)38(34-45)54-44)35-51-39(46)32-30-28-26-24-14-12-10-8-6-4-2/h5,7-8,10-11,13,16-17,19-20,22-23,27,29,37-38,41-45,48-50H,3-4,6,9,12,14-15,18,21,24-26,28,30-36H2,1-2H3/b7-5-,10-8-,13-11-,17-16-,20-19-,23-22-,29-27-. The Morgan fingerprint density at radius 1 is 0.593 bits per heavy atom. The van der Waals surface area contributed by atoms with Crippen LogP contribution in [-0.4, -0.2) is 89.0 Å². The number of aliphatic hydroxyl groups excluding tert-OH is 4. The zero-order valence-corrected chi connectivity index (χ0v) is 32.9. The molecule has 6 atom stereocenters. The summed E-state index contributed by atoms with van der Waals surface area (Å²) in [6.07, 6.45) is 36.1. The Kier molecular flexibility index (Phi) is 31.1. The topological polar surface area (TPSA) is 152 Å². The number of carbonyl (C=O) groups is 2. The van der Waals surface area contributed by atoms with Gasteiger partial charge in [0, 0.05) is 12.8 Å². The summed E-state index contributed by atoms with van der Waals surface area (Å²) < 4.78 is 22.0. The first kappa shape index (κ1) is 48.9. The van der Waals surface area contributed by atoms with E-state index in [9.17, 15) is 30.0 Å². The summed E-state index contributed by atoms with van der Waals surface area (Å²) in [5.41, 5.74) is 0. The highest BCUT2D eigenvalue weighted by Gasteiger charge is 2.44. The average molecular weight is 759 g/mol. The fourth-order valence-electron chi connectivity index (χ4n) is 5.33. The maximum absolute atomic E-state index is 12.7. The Balaban J connectivity index is 2.45. The van der Waals surface area contributed by atoms with Crippen molar-refractivity contribution in [2.45, 2.75) is 160 Å². The molecule has 54 heavy (non-hydrogen) atoms. The average Bonchev–Trinajstić information content (AvgIpc) is 3.17. The number of aliphatic hydroxyl groups is 4. The maximum atomic E-state index is 12.7. The predicted octanol–water partition coefficient (Wildman–Crippen LogP) is 7.82. The molecule has 0 aromatic rings. The summed E-state index contributed by atoms with van der Waals surface area (Å²) in [5, 5.41) is 39.9. The minimum atomic E-state index is -1.61. The van der Waals surface area contributed by atoms with Crippen LogP contribution in [0.2, 0.25) is 0 Å². The molecule has 0 aliphatic carbocycles. The predicted molar refractivity (Wildman–Crippen MR) is 214 cm³/mol. The van der Waals surface area contributed by atoms with Gasteiger partial charge in [-0.05, 0) is 70.6 Å². The molecular formula is C44H70O10. The van der Waals surface area contributed by atoms with Crippen molar-refractivity contribution in [3.05, 3.63) is 85.1 Å². The molecule has 0 aromatic heterocycles. The van der Waals surface area contributed by atoms with Crippen LogP contribution in [-0.2, 0) is 28.5 Å². The molecule has 10 heteroatoms.